The first-order chi connectivity index (χ1) is 18.8. The molecule has 0 N–H and O–H groups in total. The summed E-state index contributed by atoms with van der Waals surface area (Å²) < 4.78 is 10.6. The normalized spacial score (nSPS) is 14.1. The maximum absolute atomic E-state index is 6.27. The summed E-state index contributed by atoms with van der Waals surface area (Å²) in [6.07, 6.45) is 9.50. The molecule has 3 aromatic carbocycles. The molecular formula is C32H33BN5OPt+. The van der Waals surface area contributed by atoms with Gasteiger partial charge in [-0.2, -0.15) is 24.9 Å². The van der Waals surface area contributed by atoms with E-state index in [9.17, 15) is 0 Å². The Morgan fingerprint density at radius 1 is 0.875 bits per heavy atom. The molecule has 1 aromatic heterocycles. The molecule has 6 rings (SSSR count). The predicted molar refractivity (Wildman–Crippen MR) is 156 cm³/mol. The first-order valence-electron chi connectivity index (χ1n) is 13.5. The van der Waals surface area contributed by atoms with Gasteiger partial charge in [0.15, 0.2) is 0 Å². The molecule has 0 bridgehead atoms. The Balaban J connectivity index is 0.00000323. The molecule has 204 valence electrons. The second-order valence-corrected chi connectivity index (χ2v) is 10.8. The summed E-state index contributed by atoms with van der Waals surface area (Å²) >= 11 is 0. The number of rotatable bonds is 6. The first-order valence-corrected chi connectivity index (χ1v) is 13.5. The van der Waals surface area contributed by atoms with Gasteiger partial charge in [-0.25, -0.2) is 4.59 Å². The molecule has 0 fully saturated rings. The second kappa shape index (κ2) is 11.2. The van der Waals surface area contributed by atoms with Crippen molar-refractivity contribution in [2.45, 2.75) is 39.5 Å². The molecule has 6 nitrogen and oxygen atoms in total. The zero-order chi connectivity index (χ0) is 27.3. The van der Waals surface area contributed by atoms with Gasteiger partial charge in [0, 0.05) is 17.0 Å². The van der Waals surface area contributed by atoms with E-state index in [0.717, 1.165) is 17.1 Å². The number of hydrogen-bond acceptors (Lipinski definition) is 4. The number of hydrogen-bond donors (Lipinski definition) is 0. The summed E-state index contributed by atoms with van der Waals surface area (Å²) in [7, 11) is 4.16. The number of benzene rings is 3. The van der Waals surface area contributed by atoms with Crippen LogP contribution in [0.15, 0.2) is 73.2 Å². The monoisotopic (exact) mass is 709 g/mol. The largest absolute Gasteiger partial charge is 4.00 e. The summed E-state index contributed by atoms with van der Waals surface area (Å²) in [5.41, 5.74) is 6.99. The van der Waals surface area contributed by atoms with Crippen LogP contribution in [0.5, 0.6) is 11.5 Å². The molecular weight excluding hydrogens is 676 g/mol. The van der Waals surface area contributed by atoms with E-state index in [1.54, 1.807) is 0 Å². The maximum Gasteiger partial charge on any atom is 4.00 e. The SMILES string of the molecule is CC(C)c1cccc(C(C)C)c1B1N(C)c2ccc(Oc3[c-]c(N4C=CN(C)[CH-]4)ccc3)[c-]c2-n2[c-]cc[n+]21.[Pt+4]. The zero-order valence-corrected chi connectivity index (χ0v) is 26.0. The predicted octanol–water partition coefficient (Wildman–Crippen LogP) is 5.24. The van der Waals surface area contributed by atoms with Gasteiger partial charge >= 0.3 is 28.0 Å². The molecule has 0 radical (unpaired) electrons. The zero-order valence-electron chi connectivity index (χ0n) is 23.7. The van der Waals surface area contributed by atoms with Crippen molar-refractivity contribution >= 4 is 23.8 Å². The molecule has 0 amide bonds. The Labute approximate surface area is 252 Å². The number of fused-ring (bicyclic) bond motifs is 3. The molecule has 8 heteroatoms. The minimum absolute atomic E-state index is 0. The van der Waals surface area contributed by atoms with E-state index in [0.29, 0.717) is 23.3 Å². The van der Waals surface area contributed by atoms with Crippen LogP contribution >= 0.6 is 0 Å². The minimum atomic E-state index is -0.00664. The number of ether oxygens (including phenoxy) is 1. The van der Waals surface area contributed by atoms with E-state index >= 15 is 0 Å². The van der Waals surface area contributed by atoms with Crippen molar-refractivity contribution in [1.82, 2.24) is 9.58 Å². The van der Waals surface area contributed by atoms with Crippen LogP contribution in [0.2, 0.25) is 0 Å². The van der Waals surface area contributed by atoms with Gasteiger partial charge in [0.05, 0.1) is 6.20 Å². The molecule has 3 heterocycles. The van der Waals surface area contributed by atoms with Crippen LogP contribution in [0.25, 0.3) is 5.69 Å². The fourth-order valence-electron chi connectivity index (χ4n) is 5.55. The Morgan fingerprint density at radius 2 is 1.57 bits per heavy atom. The number of aromatic nitrogens is 2. The van der Waals surface area contributed by atoms with Crippen molar-refractivity contribution in [3.63, 3.8) is 0 Å². The maximum atomic E-state index is 6.27. The number of nitrogens with zero attached hydrogens (tertiary/aromatic N) is 5. The first kappa shape index (κ1) is 28.1. The Morgan fingerprint density at radius 3 is 2.25 bits per heavy atom. The molecule has 0 atom stereocenters. The van der Waals surface area contributed by atoms with E-state index in [1.165, 1.54) is 16.6 Å². The molecule has 0 unspecified atom stereocenters. The third kappa shape index (κ3) is 4.96. The van der Waals surface area contributed by atoms with Crippen LogP contribution in [0, 0.1) is 25.0 Å². The van der Waals surface area contributed by atoms with Crippen molar-refractivity contribution in [1.29, 1.82) is 0 Å². The van der Waals surface area contributed by atoms with Crippen LogP contribution in [0.3, 0.4) is 0 Å². The van der Waals surface area contributed by atoms with Gasteiger partial charge < -0.3 is 19.3 Å². The molecule has 0 aliphatic carbocycles. The summed E-state index contributed by atoms with van der Waals surface area (Å²) in [5, 5.41) is 0. The van der Waals surface area contributed by atoms with Crippen molar-refractivity contribution < 1.29 is 30.4 Å². The van der Waals surface area contributed by atoms with Gasteiger partial charge in [-0.05, 0) is 55.7 Å². The van der Waals surface area contributed by atoms with Gasteiger partial charge in [0.25, 0.3) is 0 Å². The average molecular weight is 710 g/mol. The van der Waals surface area contributed by atoms with Crippen molar-refractivity contribution in [2.24, 2.45) is 0 Å². The van der Waals surface area contributed by atoms with Crippen LogP contribution < -0.4 is 24.5 Å². The molecule has 4 aromatic rings. The summed E-state index contributed by atoms with van der Waals surface area (Å²) in [6, 6.07) is 25.6. The molecule has 0 saturated carbocycles. The van der Waals surface area contributed by atoms with Crippen molar-refractivity contribution in [2.75, 3.05) is 23.8 Å². The standard InChI is InChI=1S/C32H33BN5O.Pt/c1-23(2)28-12-8-13-29(24(3)4)32(28)33-35(6)30-15-14-27(21-31(30)37-16-9-17-38(33)37)39-26-11-7-10-25(20-26)36-19-18-34(5)22-36;/h7-15,17-19,22-24H,1-6H3;/q-3;+4. The van der Waals surface area contributed by atoms with E-state index < -0.39 is 0 Å². The van der Waals surface area contributed by atoms with Gasteiger partial charge in [-0.1, -0.05) is 57.6 Å². The van der Waals surface area contributed by atoms with Crippen LogP contribution in [0.1, 0.15) is 50.7 Å². The Kier molecular flexibility index (Phi) is 7.88. The second-order valence-electron chi connectivity index (χ2n) is 10.8. The molecule has 40 heavy (non-hydrogen) atoms. The van der Waals surface area contributed by atoms with Crippen LogP contribution in [-0.2, 0) is 21.1 Å². The molecule has 0 spiro atoms. The van der Waals surface area contributed by atoms with Gasteiger partial charge in [-0.3, -0.25) is 4.68 Å². The average Bonchev–Trinajstić information content (AvgIpc) is 3.58. The fraction of sp³-hybridized carbons (Fsp3) is 0.250. The third-order valence-corrected chi connectivity index (χ3v) is 7.44. The molecule has 0 saturated heterocycles. The Bertz CT molecular complexity index is 1520. The van der Waals surface area contributed by atoms with Gasteiger partial charge in [0.1, 0.15) is 0 Å². The summed E-state index contributed by atoms with van der Waals surface area (Å²) in [5.74, 6) is 2.08. The van der Waals surface area contributed by atoms with E-state index in [-0.39, 0.29) is 28.0 Å². The molecule has 2 aliphatic heterocycles. The van der Waals surface area contributed by atoms with E-state index in [1.807, 2.05) is 66.2 Å². The summed E-state index contributed by atoms with van der Waals surface area (Å²) in [6.45, 7) is 11.1. The quantitative estimate of drug-likeness (QED) is 0.203. The van der Waals surface area contributed by atoms with E-state index in [4.69, 9.17) is 4.74 Å². The van der Waals surface area contributed by atoms with Crippen molar-refractivity contribution in [3.05, 3.63) is 109 Å². The van der Waals surface area contributed by atoms with Crippen LogP contribution in [0.4, 0.5) is 11.4 Å². The smallest absolute Gasteiger partial charge is 0.510 e. The topological polar surface area (TPSA) is 27.8 Å². The molecule has 2 aliphatic rings. The Hall–Kier alpha value is -3.44. The van der Waals surface area contributed by atoms with Crippen LogP contribution in [-0.4, -0.2) is 30.7 Å². The van der Waals surface area contributed by atoms with Gasteiger partial charge in [-0.15, -0.1) is 35.6 Å². The third-order valence-electron chi connectivity index (χ3n) is 7.44. The van der Waals surface area contributed by atoms with E-state index in [2.05, 4.69) is 97.6 Å². The minimum Gasteiger partial charge on any atom is -0.510 e. The number of anilines is 2. The van der Waals surface area contributed by atoms with Crippen molar-refractivity contribution in [3.8, 4) is 17.2 Å². The summed E-state index contributed by atoms with van der Waals surface area (Å²) in [4.78, 5) is 6.35. The fourth-order valence-corrected chi connectivity index (χ4v) is 5.55. The van der Waals surface area contributed by atoms with Gasteiger partial charge in [0.2, 0.25) is 0 Å².